The maximum Gasteiger partial charge on any atom is 0.0758 e. The number of nitrogens with zero attached hydrogens (tertiary/aromatic N) is 2. The Morgan fingerprint density at radius 2 is 2.45 bits per heavy atom. The van der Waals surface area contributed by atoms with Gasteiger partial charge in [-0.05, 0) is 23.8 Å². The fraction of sp³-hybridized carbons (Fsp3) is 0.250. The zero-order chi connectivity index (χ0) is 7.23. The number of thiocarbonyl (C=S) groups is 1. The molecule has 1 aromatic rings. The fourth-order valence-electron chi connectivity index (χ4n) is 0.615. The molecular weight excluding hydrogens is 156 g/mol. The van der Waals surface area contributed by atoms with Crippen LogP contribution in [0.15, 0.2) is 29.5 Å². The molecule has 0 fully saturated rings. The fourth-order valence-corrected chi connectivity index (χ4v) is 0.680. The summed E-state index contributed by atoms with van der Waals surface area (Å²) in [5.74, 6) is 0. The van der Waals surface area contributed by atoms with Gasteiger partial charge in [0, 0.05) is 12.4 Å². The predicted molar refractivity (Wildman–Crippen MR) is 49.7 cm³/mol. The Morgan fingerprint density at radius 3 is 3.00 bits per heavy atom. The quantitative estimate of drug-likeness (QED) is 0.497. The van der Waals surface area contributed by atoms with Crippen molar-refractivity contribution in [3.05, 3.63) is 30.1 Å². The molecule has 3 heteroatoms. The predicted octanol–water partition coefficient (Wildman–Crippen LogP) is 2.32. The summed E-state index contributed by atoms with van der Waals surface area (Å²) in [5, 5.41) is 2.30. The normalized spacial score (nSPS) is 7.64. The minimum absolute atomic E-state index is 0. The molecule has 0 aliphatic heterocycles. The molecule has 0 bridgehead atoms. The Balaban J connectivity index is 0.000001000. The van der Waals surface area contributed by atoms with E-state index in [2.05, 4.69) is 27.4 Å². The van der Waals surface area contributed by atoms with Gasteiger partial charge < -0.3 is 0 Å². The smallest absolute Gasteiger partial charge is 0.0758 e. The van der Waals surface area contributed by atoms with Gasteiger partial charge in [-0.2, -0.15) is 0 Å². The van der Waals surface area contributed by atoms with Crippen LogP contribution in [-0.2, 0) is 6.54 Å². The molecule has 0 aliphatic rings. The Morgan fingerprint density at radius 1 is 1.64 bits per heavy atom. The lowest BCUT2D eigenvalue weighted by Gasteiger charge is -1.89. The van der Waals surface area contributed by atoms with Crippen LogP contribution in [0.1, 0.15) is 13.0 Å². The van der Waals surface area contributed by atoms with Crippen molar-refractivity contribution in [2.75, 3.05) is 0 Å². The third-order valence-electron chi connectivity index (χ3n) is 1.05. The van der Waals surface area contributed by atoms with Crippen LogP contribution in [0.5, 0.6) is 0 Å². The number of hydrogen-bond acceptors (Lipinski definition) is 3. The highest BCUT2D eigenvalue weighted by molar-refractivity contribution is 7.78. The van der Waals surface area contributed by atoms with E-state index in [1.54, 1.807) is 12.4 Å². The van der Waals surface area contributed by atoms with Crippen molar-refractivity contribution in [3.63, 3.8) is 0 Å². The molecule has 0 aliphatic carbocycles. The van der Waals surface area contributed by atoms with Crippen LogP contribution in [0, 0.1) is 0 Å². The van der Waals surface area contributed by atoms with Gasteiger partial charge in [-0.3, -0.25) is 4.98 Å². The highest BCUT2D eigenvalue weighted by atomic mass is 32.1. The second-order valence-electron chi connectivity index (χ2n) is 1.77. The minimum atomic E-state index is 0. The summed E-state index contributed by atoms with van der Waals surface area (Å²) in [4.78, 5) is 7.68. The Bertz CT molecular complexity index is 240. The Kier molecular flexibility index (Phi) is 5.17. The van der Waals surface area contributed by atoms with Gasteiger partial charge in [0.25, 0.3) is 0 Å². The molecule has 0 atom stereocenters. The van der Waals surface area contributed by atoms with Gasteiger partial charge in [-0.25, -0.2) is 4.99 Å². The SMILES string of the molecule is C.S=C=NCc1cccnc1. The summed E-state index contributed by atoms with van der Waals surface area (Å²) in [7, 11) is 0. The molecule has 1 rings (SSSR count). The van der Waals surface area contributed by atoms with E-state index >= 15 is 0 Å². The van der Waals surface area contributed by atoms with Gasteiger partial charge in [0.2, 0.25) is 0 Å². The summed E-state index contributed by atoms with van der Waals surface area (Å²) in [6.45, 7) is 0.581. The van der Waals surface area contributed by atoms with Gasteiger partial charge in [-0.1, -0.05) is 13.5 Å². The van der Waals surface area contributed by atoms with Crippen LogP contribution in [0.3, 0.4) is 0 Å². The summed E-state index contributed by atoms with van der Waals surface area (Å²) in [5.41, 5.74) is 1.06. The number of rotatable bonds is 2. The molecule has 0 saturated carbocycles. The molecule has 0 radical (unpaired) electrons. The summed E-state index contributed by atoms with van der Waals surface area (Å²) in [6.07, 6.45) is 3.49. The first kappa shape index (κ1) is 9.95. The molecule has 0 N–H and O–H groups in total. The van der Waals surface area contributed by atoms with Crippen molar-refractivity contribution < 1.29 is 0 Å². The van der Waals surface area contributed by atoms with E-state index in [0.29, 0.717) is 6.54 Å². The molecule has 0 spiro atoms. The maximum atomic E-state index is 4.41. The lowest BCUT2D eigenvalue weighted by atomic mass is 10.3. The van der Waals surface area contributed by atoms with Crippen LogP contribution in [0.25, 0.3) is 0 Å². The Labute approximate surface area is 72.0 Å². The number of aromatic nitrogens is 1. The highest BCUT2D eigenvalue weighted by Gasteiger charge is 1.85. The lowest BCUT2D eigenvalue weighted by molar-refractivity contribution is 1.06. The van der Waals surface area contributed by atoms with Crippen molar-refractivity contribution in [1.29, 1.82) is 0 Å². The number of pyridine rings is 1. The monoisotopic (exact) mass is 166 g/mol. The van der Waals surface area contributed by atoms with Crippen molar-refractivity contribution in [2.45, 2.75) is 14.0 Å². The second-order valence-corrected chi connectivity index (χ2v) is 1.95. The zero-order valence-corrected chi connectivity index (χ0v) is 6.14. The molecule has 0 aromatic carbocycles. The van der Waals surface area contributed by atoms with Crippen molar-refractivity contribution in [3.8, 4) is 0 Å². The van der Waals surface area contributed by atoms with Crippen molar-refractivity contribution >= 4 is 17.4 Å². The number of aliphatic imine (C=N–C) groups is 1. The minimum Gasteiger partial charge on any atom is -0.264 e. The van der Waals surface area contributed by atoms with Gasteiger partial charge in [0.15, 0.2) is 0 Å². The van der Waals surface area contributed by atoms with Gasteiger partial charge >= 0.3 is 0 Å². The lowest BCUT2D eigenvalue weighted by Crippen LogP contribution is -1.80. The average Bonchev–Trinajstić information content (AvgIpc) is 2.03. The van der Waals surface area contributed by atoms with Crippen LogP contribution < -0.4 is 0 Å². The average molecular weight is 166 g/mol. The molecule has 0 amide bonds. The van der Waals surface area contributed by atoms with E-state index in [4.69, 9.17) is 0 Å². The summed E-state index contributed by atoms with van der Waals surface area (Å²) < 4.78 is 0. The summed E-state index contributed by atoms with van der Waals surface area (Å²) >= 11 is 4.41. The first-order chi connectivity index (χ1) is 4.93. The molecular formula is C8H10N2S. The van der Waals surface area contributed by atoms with E-state index in [1.807, 2.05) is 12.1 Å². The van der Waals surface area contributed by atoms with E-state index < -0.39 is 0 Å². The van der Waals surface area contributed by atoms with Gasteiger partial charge in [-0.15, -0.1) is 0 Å². The summed E-state index contributed by atoms with van der Waals surface area (Å²) in [6, 6.07) is 3.82. The van der Waals surface area contributed by atoms with Crippen molar-refractivity contribution in [2.24, 2.45) is 4.99 Å². The molecule has 1 aromatic heterocycles. The third-order valence-corrected chi connectivity index (χ3v) is 1.18. The second kappa shape index (κ2) is 5.71. The van der Waals surface area contributed by atoms with E-state index in [0.717, 1.165) is 5.56 Å². The largest absolute Gasteiger partial charge is 0.264 e. The number of hydrogen-bond donors (Lipinski definition) is 0. The van der Waals surface area contributed by atoms with Crippen molar-refractivity contribution in [1.82, 2.24) is 4.98 Å². The molecule has 2 nitrogen and oxygen atoms in total. The van der Waals surface area contributed by atoms with Crippen LogP contribution in [0.2, 0.25) is 0 Å². The third kappa shape index (κ3) is 3.61. The molecule has 58 valence electrons. The van der Waals surface area contributed by atoms with Gasteiger partial charge in [0.05, 0.1) is 11.7 Å². The highest BCUT2D eigenvalue weighted by Crippen LogP contribution is 1.95. The Hall–Kier alpha value is -1.05. The molecule has 11 heavy (non-hydrogen) atoms. The van der Waals surface area contributed by atoms with Crippen LogP contribution in [-0.4, -0.2) is 10.1 Å². The standard InChI is InChI=1S/C7H6N2S.CH4/c10-6-9-5-7-2-1-3-8-4-7;/h1-4H,5H2;1H4. The molecule has 0 saturated heterocycles. The van der Waals surface area contributed by atoms with Gasteiger partial charge in [0.1, 0.15) is 0 Å². The van der Waals surface area contributed by atoms with Crippen LogP contribution >= 0.6 is 12.2 Å². The van der Waals surface area contributed by atoms with Crippen LogP contribution in [0.4, 0.5) is 0 Å². The first-order valence-electron chi connectivity index (χ1n) is 2.86. The first-order valence-corrected chi connectivity index (χ1v) is 3.27. The molecule has 1 heterocycles. The molecule has 0 unspecified atom stereocenters. The topological polar surface area (TPSA) is 25.2 Å². The van der Waals surface area contributed by atoms with E-state index in [9.17, 15) is 0 Å². The number of isothiocyanates is 1. The van der Waals surface area contributed by atoms with E-state index in [1.165, 1.54) is 0 Å². The maximum absolute atomic E-state index is 4.41. The van der Waals surface area contributed by atoms with E-state index in [-0.39, 0.29) is 7.43 Å². The zero-order valence-electron chi connectivity index (χ0n) is 5.32.